The lowest BCUT2D eigenvalue weighted by Gasteiger charge is -2.21. The number of nitrogens with one attached hydrogen (secondary N) is 1. The summed E-state index contributed by atoms with van der Waals surface area (Å²) in [4.78, 5) is 11.1. The molecule has 2 unspecified atom stereocenters. The summed E-state index contributed by atoms with van der Waals surface area (Å²) in [6, 6.07) is 11.2. The van der Waals surface area contributed by atoms with Crippen molar-refractivity contribution in [1.82, 2.24) is 5.32 Å². The number of aliphatic carboxylic acids is 1. The second kappa shape index (κ2) is 7.08. The molecule has 0 aliphatic heterocycles. The van der Waals surface area contributed by atoms with E-state index in [0.717, 1.165) is 12.5 Å². The lowest BCUT2D eigenvalue weighted by Crippen LogP contribution is -2.33. The number of carbonyl (C=O) groups is 1. The maximum Gasteiger partial charge on any atom is 0.309 e. The van der Waals surface area contributed by atoms with Gasteiger partial charge in [-0.3, -0.25) is 4.79 Å². The quantitative estimate of drug-likeness (QED) is 0.808. The summed E-state index contributed by atoms with van der Waals surface area (Å²) in [6.07, 6.45) is 5.55. The van der Waals surface area contributed by atoms with Gasteiger partial charge in [0.1, 0.15) is 0 Å². The van der Waals surface area contributed by atoms with E-state index >= 15 is 0 Å². The second-order valence-electron chi connectivity index (χ2n) is 6.96. The second-order valence-corrected chi connectivity index (χ2v) is 6.96. The van der Waals surface area contributed by atoms with Gasteiger partial charge in [0.25, 0.3) is 0 Å². The topological polar surface area (TPSA) is 49.3 Å². The number of hydrogen-bond acceptors (Lipinski definition) is 2. The van der Waals surface area contributed by atoms with E-state index in [1.54, 1.807) is 13.8 Å². The van der Waals surface area contributed by atoms with Crippen LogP contribution in [0.2, 0.25) is 0 Å². The summed E-state index contributed by atoms with van der Waals surface area (Å²) in [5.41, 5.74) is 0.796. The van der Waals surface area contributed by atoms with E-state index in [4.69, 9.17) is 5.11 Å². The molecule has 21 heavy (non-hydrogen) atoms. The Hall–Kier alpha value is -1.35. The van der Waals surface area contributed by atoms with Gasteiger partial charge in [0.2, 0.25) is 0 Å². The molecule has 2 rings (SSSR count). The van der Waals surface area contributed by atoms with Crippen molar-refractivity contribution < 1.29 is 9.90 Å². The predicted octanol–water partition coefficient (Wildman–Crippen LogP) is 3.49. The number of hydrogen-bond donors (Lipinski definition) is 2. The van der Waals surface area contributed by atoms with Crippen molar-refractivity contribution in [2.75, 3.05) is 6.54 Å². The van der Waals surface area contributed by atoms with Crippen molar-refractivity contribution >= 4 is 5.97 Å². The zero-order chi connectivity index (χ0) is 15.3. The van der Waals surface area contributed by atoms with E-state index in [9.17, 15) is 4.79 Å². The van der Waals surface area contributed by atoms with E-state index in [1.165, 1.54) is 31.2 Å². The zero-order valence-corrected chi connectivity index (χ0v) is 13.1. The van der Waals surface area contributed by atoms with E-state index in [0.29, 0.717) is 12.5 Å². The van der Waals surface area contributed by atoms with Gasteiger partial charge < -0.3 is 10.4 Å². The first kappa shape index (κ1) is 16.0. The molecule has 1 saturated carbocycles. The lowest BCUT2D eigenvalue weighted by molar-refractivity contribution is -0.147. The Labute approximate surface area is 127 Å². The molecule has 1 fully saturated rings. The molecule has 0 heterocycles. The Balaban J connectivity index is 1.70. The average Bonchev–Trinajstić information content (AvgIpc) is 2.87. The normalized spacial score (nSPS) is 22.4. The summed E-state index contributed by atoms with van der Waals surface area (Å²) in [7, 11) is 0. The first-order valence-corrected chi connectivity index (χ1v) is 7.98. The standard InChI is InChI=1S/C18H27NO2/c1-18(2,17(20)21)10-11-19-16-9-8-15(13-16)12-14-6-4-3-5-7-14/h3-7,15-16,19H,8-13H2,1-2H3,(H,20,21). The van der Waals surface area contributed by atoms with Crippen LogP contribution in [0.4, 0.5) is 0 Å². The van der Waals surface area contributed by atoms with Crippen LogP contribution < -0.4 is 5.32 Å². The van der Waals surface area contributed by atoms with Gasteiger partial charge in [-0.2, -0.15) is 0 Å². The summed E-state index contributed by atoms with van der Waals surface area (Å²) >= 11 is 0. The highest BCUT2D eigenvalue weighted by Crippen LogP contribution is 2.29. The fourth-order valence-corrected chi connectivity index (χ4v) is 3.09. The molecule has 3 nitrogen and oxygen atoms in total. The van der Waals surface area contributed by atoms with Crippen LogP contribution in [0.25, 0.3) is 0 Å². The van der Waals surface area contributed by atoms with Gasteiger partial charge >= 0.3 is 5.97 Å². The van der Waals surface area contributed by atoms with Crippen molar-refractivity contribution in [3.8, 4) is 0 Å². The average molecular weight is 289 g/mol. The third-order valence-corrected chi connectivity index (χ3v) is 4.67. The SMILES string of the molecule is CC(C)(CCNC1CCC(Cc2ccccc2)C1)C(=O)O. The van der Waals surface area contributed by atoms with Gasteiger partial charge in [-0.15, -0.1) is 0 Å². The lowest BCUT2D eigenvalue weighted by atomic mass is 9.89. The largest absolute Gasteiger partial charge is 0.481 e. The monoisotopic (exact) mass is 289 g/mol. The van der Waals surface area contributed by atoms with Crippen LogP contribution in [0.1, 0.15) is 45.1 Å². The molecule has 0 amide bonds. The summed E-state index contributed by atoms with van der Waals surface area (Å²) in [6.45, 7) is 4.38. The molecule has 0 aromatic heterocycles. The fourth-order valence-electron chi connectivity index (χ4n) is 3.09. The molecule has 2 N–H and O–H groups in total. The Morgan fingerprint density at radius 2 is 2.00 bits per heavy atom. The Bertz CT molecular complexity index is 456. The van der Waals surface area contributed by atoms with Crippen molar-refractivity contribution in [1.29, 1.82) is 0 Å². The smallest absolute Gasteiger partial charge is 0.309 e. The van der Waals surface area contributed by atoms with Gasteiger partial charge in [0.15, 0.2) is 0 Å². The molecule has 2 atom stereocenters. The molecule has 1 aromatic rings. The van der Waals surface area contributed by atoms with Crippen molar-refractivity contribution in [2.24, 2.45) is 11.3 Å². The van der Waals surface area contributed by atoms with E-state index in [2.05, 4.69) is 35.6 Å². The van der Waals surface area contributed by atoms with E-state index in [1.807, 2.05) is 0 Å². The van der Waals surface area contributed by atoms with Gasteiger partial charge in [-0.25, -0.2) is 0 Å². The minimum atomic E-state index is -0.710. The van der Waals surface area contributed by atoms with Crippen LogP contribution in [0.3, 0.4) is 0 Å². The summed E-state index contributed by atoms with van der Waals surface area (Å²) in [5.74, 6) is 0.0510. The van der Waals surface area contributed by atoms with Crippen LogP contribution in [0, 0.1) is 11.3 Å². The molecule has 3 heteroatoms. The molecular weight excluding hydrogens is 262 g/mol. The summed E-state index contributed by atoms with van der Waals surface area (Å²) in [5, 5.41) is 12.7. The van der Waals surface area contributed by atoms with Gasteiger partial charge in [-0.1, -0.05) is 30.3 Å². The van der Waals surface area contributed by atoms with E-state index in [-0.39, 0.29) is 0 Å². The number of benzene rings is 1. The Morgan fingerprint density at radius 3 is 2.67 bits per heavy atom. The molecule has 0 spiro atoms. The third kappa shape index (κ3) is 4.85. The molecule has 0 bridgehead atoms. The minimum Gasteiger partial charge on any atom is -0.481 e. The Kier molecular flexibility index (Phi) is 5.40. The van der Waals surface area contributed by atoms with Crippen LogP contribution in [-0.2, 0) is 11.2 Å². The molecule has 1 aliphatic carbocycles. The highest BCUT2D eigenvalue weighted by molar-refractivity contribution is 5.73. The van der Waals surface area contributed by atoms with Gasteiger partial charge in [-0.05, 0) is 64.0 Å². The highest BCUT2D eigenvalue weighted by atomic mass is 16.4. The van der Waals surface area contributed by atoms with Crippen molar-refractivity contribution in [3.63, 3.8) is 0 Å². The maximum absolute atomic E-state index is 11.1. The van der Waals surface area contributed by atoms with Crippen LogP contribution in [0.5, 0.6) is 0 Å². The van der Waals surface area contributed by atoms with Crippen LogP contribution in [0.15, 0.2) is 30.3 Å². The van der Waals surface area contributed by atoms with Crippen molar-refractivity contribution in [3.05, 3.63) is 35.9 Å². The van der Waals surface area contributed by atoms with E-state index < -0.39 is 11.4 Å². The molecule has 0 radical (unpaired) electrons. The molecule has 1 aliphatic rings. The minimum absolute atomic E-state index is 0.559. The first-order chi connectivity index (χ1) is 9.97. The molecule has 116 valence electrons. The molecular formula is C18H27NO2. The summed E-state index contributed by atoms with van der Waals surface area (Å²) < 4.78 is 0. The number of carboxylic acids is 1. The van der Waals surface area contributed by atoms with Crippen LogP contribution in [-0.4, -0.2) is 23.7 Å². The first-order valence-electron chi connectivity index (χ1n) is 7.98. The zero-order valence-electron chi connectivity index (χ0n) is 13.1. The van der Waals surface area contributed by atoms with Crippen molar-refractivity contribution in [2.45, 2.75) is 52.0 Å². The number of carboxylic acid groups (broad SMARTS) is 1. The maximum atomic E-state index is 11.1. The third-order valence-electron chi connectivity index (χ3n) is 4.67. The molecule has 1 aromatic carbocycles. The van der Waals surface area contributed by atoms with Gasteiger partial charge in [0.05, 0.1) is 5.41 Å². The van der Waals surface area contributed by atoms with Gasteiger partial charge in [0, 0.05) is 6.04 Å². The fraction of sp³-hybridized carbons (Fsp3) is 0.611. The van der Waals surface area contributed by atoms with Crippen LogP contribution >= 0.6 is 0 Å². The number of rotatable bonds is 7. The Morgan fingerprint density at radius 1 is 1.29 bits per heavy atom. The molecule has 0 saturated heterocycles. The predicted molar refractivity (Wildman–Crippen MR) is 85.3 cm³/mol. The highest BCUT2D eigenvalue weighted by Gasteiger charge is 2.28.